The number of hydrogen-bond acceptors (Lipinski definition) is 4. The van der Waals surface area contributed by atoms with Gasteiger partial charge in [0.1, 0.15) is 6.04 Å². The van der Waals surface area contributed by atoms with Gasteiger partial charge in [-0.3, -0.25) is 9.59 Å². The van der Waals surface area contributed by atoms with Crippen molar-refractivity contribution < 1.29 is 4.79 Å². The molecule has 2 heterocycles. The SMILES string of the molecule is Cc1nn([C@@H](C)C(=O)NCc2cccc(Br)c2)c(=O)c2nn(-c3ccccc3)c(C)c12. The first-order valence-corrected chi connectivity index (χ1v) is 10.7. The zero-order valence-corrected chi connectivity index (χ0v) is 19.0. The molecule has 0 radical (unpaired) electrons. The second-order valence-corrected chi connectivity index (χ2v) is 8.33. The lowest BCUT2D eigenvalue weighted by Crippen LogP contribution is -2.37. The molecule has 4 aromatic rings. The Bertz CT molecular complexity index is 1330. The highest BCUT2D eigenvalue weighted by Crippen LogP contribution is 2.21. The first-order valence-electron chi connectivity index (χ1n) is 9.93. The molecule has 0 saturated heterocycles. The van der Waals surface area contributed by atoms with E-state index in [9.17, 15) is 9.59 Å². The summed E-state index contributed by atoms with van der Waals surface area (Å²) in [6.45, 7) is 5.76. The zero-order chi connectivity index (χ0) is 22.1. The van der Waals surface area contributed by atoms with E-state index in [4.69, 9.17) is 0 Å². The van der Waals surface area contributed by atoms with E-state index in [1.165, 1.54) is 4.68 Å². The molecule has 2 aromatic heterocycles. The van der Waals surface area contributed by atoms with Crippen LogP contribution in [0.25, 0.3) is 16.6 Å². The number of halogens is 1. The lowest BCUT2D eigenvalue weighted by Gasteiger charge is -2.15. The van der Waals surface area contributed by atoms with Gasteiger partial charge in [-0.15, -0.1) is 0 Å². The van der Waals surface area contributed by atoms with Crippen LogP contribution in [-0.2, 0) is 11.3 Å². The second-order valence-electron chi connectivity index (χ2n) is 7.42. The minimum atomic E-state index is -0.773. The Morgan fingerprint density at radius 3 is 2.55 bits per heavy atom. The van der Waals surface area contributed by atoms with Gasteiger partial charge in [0.2, 0.25) is 5.91 Å². The zero-order valence-electron chi connectivity index (χ0n) is 17.5. The molecule has 0 saturated carbocycles. The van der Waals surface area contributed by atoms with Gasteiger partial charge in [0.25, 0.3) is 5.56 Å². The smallest absolute Gasteiger partial charge is 0.295 e. The average molecular weight is 480 g/mol. The van der Waals surface area contributed by atoms with Crippen LogP contribution in [0.15, 0.2) is 63.9 Å². The number of aromatic nitrogens is 4. The number of carbonyl (C=O) groups excluding carboxylic acids is 1. The van der Waals surface area contributed by atoms with Crippen LogP contribution in [-0.4, -0.2) is 25.5 Å². The van der Waals surface area contributed by atoms with Crippen LogP contribution in [0.3, 0.4) is 0 Å². The largest absolute Gasteiger partial charge is 0.350 e. The molecule has 0 bridgehead atoms. The molecule has 0 spiro atoms. The summed E-state index contributed by atoms with van der Waals surface area (Å²) >= 11 is 3.42. The average Bonchev–Trinajstić information content (AvgIpc) is 3.13. The van der Waals surface area contributed by atoms with Gasteiger partial charge < -0.3 is 5.32 Å². The molecule has 1 amide bonds. The van der Waals surface area contributed by atoms with Crippen molar-refractivity contribution in [1.82, 2.24) is 24.9 Å². The Morgan fingerprint density at radius 2 is 1.84 bits per heavy atom. The number of para-hydroxylation sites is 1. The molecular weight excluding hydrogens is 458 g/mol. The Hall–Kier alpha value is -3.26. The van der Waals surface area contributed by atoms with Crippen LogP contribution in [0.5, 0.6) is 0 Å². The Morgan fingerprint density at radius 1 is 1.10 bits per heavy atom. The van der Waals surface area contributed by atoms with Crippen LogP contribution < -0.4 is 10.9 Å². The van der Waals surface area contributed by atoms with Gasteiger partial charge in [-0.25, -0.2) is 9.36 Å². The van der Waals surface area contributed by atoms with Crippen LogP contribution in [0, 0.1) is 13.8 Å². The van der Waals surface area contributed by atoms with Gasteiger partial charge in [-0.05, 0) is 50.6 Å². The Balaban J connectivity index is 1.67. The van der Waals surface area contributed by atoms with E-state index in [-0.39, 0.29) is 11.5 Å². The van der Waals surface area contributed by atoms with Crippen molar-refractivity contribution in [1.29, 1.82) is 0 Å². The second kappa shape index (κ2) is 8.47. The number of nitrogens with zero attached hydrogens (tertiary/aromatic N) is 4. The number of aryl methyl sites for hydroxylation is 2. The topological polar surface area (TPSA) is 81.8 Å². The molecule has 1 atom stereocenters. The molecule has 8 heteroatoms. The fourth-order valence-electron chi connectivity index (χ4n) is 3.63. The number of hydrogen-bond donors (Lipinski definition) is 1. The van der Waals surface area contributed by atoms with Crippen molar-refractivity contribution in [3.63, 3.8) is 0 Å². The minimum Gasteiger partial charge on any atom is -0.350 e. The summed E-state index contributed by atoms with van der Waals surface area (Å²) < 4.78 is 3.90. The first kappa shape index (κ1) is 21.0. The first-order chi connectivity index (χ1) is 14.9. The summed E-state index contributed by atoms with van der Waals surface area (Å²) in [4.78, 5) is 25.9. The van der Waals surface area contributed by atoms with Gasteiger partial charge in [0.05, 0.1) is 22.5 Å². The lowest BCUT2D eigenvalue weighted by atomic mass is 10.2. The van der Waals surface area contributed by atoms with Crippen molar-refractivity contribution >= 4 is 32.7 Å². The Labute approximate surface area is 187 Å². The van der Waals surface area contributed by atoms with Crippen molar-refractivity contribution in [2.24, 2.45) is 0 Å². The molecule has 158 valence electrons. The number of carbonyl (C=O) groups is 1. The van der Waals surface area contributed by atoms with Crippen LogP contribution >= 0.6 is 15.9 Å². The molecule has 1 N–H and O–H groups in total. The third-order valence-electron chi connectivity index (χ3n) is 5.25. The third kappa shape index (κ3) is 4.03. The van der Waals surface area contributed by atoms with E-state index in [1.54, 1.807) is 11.6 Å². The number of rotatable bonds is 5. The number of nitrogens with one attached hydrogen (secondary N) is 1. The van der Waals surface area contributed by atoms with E-state index in [0.29, 0.717) is 23.1 Å². The van der Waals surface area contributed by atoms with Crippen LogP contribution in [0.1, 0.15) is 29.9 Å². The molecular formula is C23H22BrN5O2. The van der Waals surface area contributed by atoms with Gasteiger partial charge in [-0.1, -0.05) is 46.3 Å². The highest BCUT2D eigenvalue weighted by atomic mass is 79.9. The summed E-state index contributed by atoms with van der Waals surface area (Å²) in [5, 5.41) is 12.6. The normalized spacial score (nSPS) is 12.1. The van der Waals surface area contributed by atoms with E-state index in [1.807, 2.05) is 68.4 Å². The van der Waals surface area contributed by atoms with E-state index in [0.717, 1.165) is 21.4 Å². The van der Waals surface area contributed by atoms with Gasteiger partial charge in [0.15, 0.2) is 5.52 Å². The summed E-state index contributed by atoms with van der Waals surface area (Å²) in [5.74, 6) is -0.285. The van der Waals surface area contributed by atoms with Crippen LogP contribution in [0.4, 0.5) is 0 Å². The monoisotopic (exact) mass is 479 g/mol. The van der Waals surface area contributed by atoms with Crippen LogP contribution in [0.2, 0.25) is 0 Å². The molecule has 4 rings (SSSR count). The van der Waals surface area contributed by atoms with E-state index >= 15 is 0 Å². The minimum absolute atomic E-state index is 0.285. The predicted molar refractivity (Wildman–Crippen MR) is 123 cm³/mol. The van der Waals surface area contributed by atoms with Gasteiger partial charge in [0, 0.05) is 11.0 Å². The van der Waals surface area contributed by atoms with E-state index in [2.05, 4.69) is 31.4 Å². The van der Waals surface area contributed by atoms with Crippen molar-refractivity contribution in [3.05, 3.63) is 86.4 Å². The fraction of sp³-hybridized carbons (Fsp3) is 0.217. The Kier molecular flexibility index (Phi) is 5.73. The number of amides is 1. The molecule has 0 aliphatic rings. The molecule has 2 aromatic carbocycles. The summed E-state index contributed by atoms with van der Waals surface area (Å²) in [5.41, 5.74) is 3.23. The standard InChI is InChI=1S/C23H22BrN5O2/c1-14-20-15(2)28(19-10-5-4-6-11-19)27-21(20)23(31)29(26-14)16(3)22(30)25-13-17-8-7-9-18(24)12-17/h4-12,16H,13H2,1-3H3,(H,25,30)/t16-/m0/s1. The van der Waals surface area contributed by atoms with Crippen molar-refractivity contribution in [2.75, 3.05) is 0 Å². The highest BCUT2D eigenvalue weighted by Gasteiger charge is 2.23. The molecule has 7 nitrogen and oxygen atoms in total. The molecule has 0 aliphatic heterocycles. The summed E-state index contributed by atoms with van der Waals surface area (Å²) in [6.07, 6.45) is 0. The third-order valence-corrected chi connectivity index (χ3v) is 5.74. The lowest BCUT2D eigenvalue weighted by molar-refractivity contribution is -0.124. The predicted octanol–water partition coefficient (Wildman–Crippen LogP) is 3.84. The molecule has 31 heavy (non-hydrogen) atoms. The van der Waals surface area contributed by atoms with Crippen molar-refractivity contribution in [2.45, 2.75) is 33.4 Å². The molecule has 0 fully saturated rings. The molecule has 0 unspecified atom stereocenters. The molecule has 0 aliphatic carbocycles. The maximum Gasteiger partial charge on any atom is 0.295 e. The maximum atomic E-state index is 13.2. The van der Waals surface area contributed by atoms with E-state index < -0.39 is 6.04 Å². The fourth-order valence-corrected chi connectivity index (χ4v) is 4.08. The number of benzene rings is 2. The maximum absolute atomic E-state index is 13.2. The van der Waals surface area contributed by atoms with Gasteiger partial charge >= 0.3 is 0 Å². The van der Waals surface area contributed by atoms with Crippen molar-refractivity contribution in [3.8, 4) is 5.69 Å². The van der Waals surface area contributed by atoms with Gasteiger partial charge in [-0.2, -0.15) is 10.2 Å². The summed E-state index contributed by atoms with van der Waals surface area (Å²) in [7, 11) is 0. The summed E-state index contributed by atoms with van der Waals surface area (Å²) in [6, 6.07) is 16.5. The highest BCUT2D eigenvalue weighted by molar-refractivity contribution is 9.10. The number of fused-ring (bicyclic) bond motifs is 1. The quantitative estimate of drug-likeness (QED) is 0.471.